The highest BCUT2D eigenvalue weighted by Gasteiger charge is 2.22. The van der Waals surface area contributed by atoms with Crippen LogP contribution in [0.15, 0.2) is 18.2 Å². The molecule has 1 atom stereocenters. The fraction of sp³-hybridized carbons (Fsp3) is 0.417. The molecule has 1 saturated heterocycles. The Balaban J connectivity index is 2.05. The lowest BCUT2D eigenvalue weighted by atomic mass is 10.2. The molecule has 1 aliphatic heterocycles. The number of rotatable bonds is 3. The summed E-state index contributed by atoms with van der Waals surface area (Å²) in [6.07, 6.45) is 1.91. The van der Waals surface area contributed by atoms with Crippen LogP contribution in [0.3, 0.4) is 0 Å². The zero-order valence-electron chi connectivity index (χ0n) is 9.63. The summed E-state index contributed by atoms with van der Waals surface area (Å²) in [7, 11) is 1.58. The molecule has 1 aromatic carbocycles. The second-order valence-corrected chi connectivity index (χ2v) is 4.39. The van der Waals surface area contributed by atoms with Crippen LogP contribution in [0.5, 0.6) is 5.75 Å². The van der Waals surface area contributed by atoms with Crippen LogP contribution in [-0.4, -0.2) is 25.6 Å². The topological polar surface area (TPSA) is 50.4 Å². The molecule has 1 aliphatic rings. The largest absolute Gasteiger partial charge is 0.497 e. The zero-order chi connectivity index (χ0) is 12.3. The summed E-state index contributed by atoms with van der Waals surface area (Å²) in [4.78, 5) is 11.9. The molecule has 0 aliphatic carbocycles. The minimum atomic E-state index is -0.104. The molecule has 0 aromatic heterocycles. The quantitative estimate of drug-likeness (QED) is 0.868. The number of hydrogen-bond acceptors (Lipinski definition) is 3. The highest BCUT2D eigenvalue weighted by atomic mass is 35.5. The summed E-state index contributed by atoms with van der Waals surface area (Å²) < 4.78 is 5.05. The molecule has 0 spiro atoms. The first-order valence-electron chi connectivity index (χ1n) is 5.58. The van der Waals surface area contributed by atoms with E-state index in [4.69, 9.17) is 16.3 Å². The Morgan fingerprint density at radius 3 is 3.00 bits per heavy atom. The standard InChI is InChI=1S/C12H15ClN2O2/c1-17-8-4-5-10(9(13)7-8)15-12(16)11-3-2-6-14-11/h4-5,7,11,14H,2-3,6H2,1H3,(H,15,16). The molecule has 0 saturated carbocycles. The number of ether oxygens (including phenoxy) is 1. The third-order valence-electron chi connectivity index (χ3n) is 2.81. The summed E-state index contributed by atoms with van der Waals surface area (Å²) >= 11 is 6.04. The van der Waals surface area contributed by atoms with E-state index in [1.807, 2.05) is 0 Å². The van der Waals surface area contributed by atoms with Gasteiger partial charge in [-0.25, -0.2) is 0 Å². The van der Waals surface area contributed by atoms with Gasteiger partial charge in [-0.2, -0.15) is 0 Å². The van der Waals surface area contributed by atoms with Crippen molar-refractivity contribution in [2.24, 2.45) is 0 Å². The van der Waals surface area contributed by atoms with Gasteiger partial charge < -0.3 is 15.4 Å². The van der Waals surface area contributed by atoms with Crippen molar-refractivity contribution in [3.8, 4) is 5.75 Å². The van der Waals surface area contributed by atoms with E-state index in [9.17, 15) is 4.79 Å². The van der Waals surface area contributed by atoms with Crippen LogP contribution in [0.1, 0.15) is 12.8 Å². The Morgan fingerprint density at radius 2 is 2.41 bits per heavy atom. The van der Waals surface area contributed by atoms with Gasteiger partial charge in [-0.05, 0) is 31.5 Å². The van der Waals surface area contributed by atoms with Gasteiger partial charge in [0.2, 0.25) is 5.91 Å². The molecule has 5 heteroatoms. The molecule has 2 N–H and O–H groups in total. The molecule has 0 bridgehead atoms. The molecule has 1 amide bonds. The van der Waals surface area contributed by atoms with Gasteiger partial charge in [0, 0.05) is 6.07 Å². The van der Waals surface area contributed by atoms with Gasteiger partial charge in [0.25, 0.3) is 0 Å². The molecule has 92 valence electrons. The van der Waals surface area contributed by atoms with E-state index in [2.05, 4.69) is 10.6 Å². The minimum Gasteiger partial charge on any atom is -0.497 e. The first-order valence-corrected chi connectivity index (χ1v) is 5.96. The lowest BCUT2D eigenvalue weighted by Crippen LogP contribution is -2.35. The average molecular weight is 255 g/mol. The number of nitrogens with one attached hydrogen (secondary N) is 2. The minimum absolute atomic E-state index is 0.0328. The summed E-state index contributed by atoms with van der Waals surface area (Å²) in [5.74, 6) is 0.640. The lowest BCUT2D eigenvalue weighted by Gasteiger charge is -2.12. The van der Waals surface area contributed by atoms with Crippen molar-refractivity contribution in [1.82, 2.24) is 5.32 Å². The van der Waals surface area contributed by atoms with Crippen LogP contribution in [0.2, 0.25) is 5.02 Å². The number of halogens is 1. The third-order valence-corrected chi connectivity index (χ3v) is 3.12. The van der Waals surface area contributed by atoms with Crippen LogP contribution in [0.25, 0.3) is 0 Å². The van der Waals surface area contributed by atoms with E-state index in [-0.39, 0.29) is 11.9 Å². The average Bonchev–Trinajstić information content (AvgIpc) is 2.85. The smallest absolute Gasteiger partial charge is 0.241 e. The van der Waals surface area contributed by atoms with Crippen molar-refractivity contribution in [2.45, 2.75) is 18.9 Å². The van der Waals surface area contributed by atoms with Gasteiger partial charge in [-0.15, -0.1) is 0 Å². The summed E-state index contributed by atoms with van der Waals surface area (Å²) in [6.45, 7) is 0.897. The molecule has 2 rings (SSSR count). The lowest BCUT2D eigenvalue weighted by molar-refractivity contribution is -0.117. The number of methoxy groups -OCH3 is 1. The molecule has 1 unspecified atom stereocenters. The van der Waals surface area contributed by atoms with Crippen LogP contribution >= 0.6 is 11.6 Å². The SMILES string of the molecule is COc1ccc(NC(=O)C2CCCN2)c(Cl)c1. The van der Waals surface area contributed by atoms with Gasteiger partial charge in [0.05, 0.1) is 23.9 Å². The number of benzene rings is 1. The maximum atomic E-state index is 11.9. The summed E-state index contributed by atoms with van der Waals surface area (Å²) in [5.41, 5.74) is 0.617. The number of amides is 1. The van der Waals surface area contributed by atoms with E-state index in [0.717, 1.165) is 19.4 Å². The first kappa shape index (κ1) is 12.2. The molecule has 1 fully saturated rings. The van der Waals surface area contributed by atoms with Crippen molar-refractivity contribution in [3.63, 3.8) is 0 Å². The molecule has 1 aromatic rings. The molecule has 4 nitrogen and oxygen atoms in total. The van der Waals surface area contributed by atoms with Gasteiger partial charge >= 0.3 is 0 Å². The van der Waals surface area contributed by atoms with Crippen molar-refractivity contribution in [2.75, 3.05) is 19.0 Å². The van der Waals surface area contributed by atoms with Gasteiger partial charge in [-0.1, -0.05) is 11.6 Å². The Hall–Kier alpha value is -1.26. The van der Waals surface area contributed by atoms with Gasteiger partial charge in [0.15, 0.2) is 0 Å². The molecular weight excluding hydrogens is 240 g/mol. The Kier molecular flexibility index (Phi) is 3.86. The van der Waals surface area contributed by atoms with E-state index in [1.54, 1.807) is 25.3 Å². The summed E-state index contributed by atoms with van der Waals surface area (Å²) in [6, 6.07) is 5.09. The molecule has 1 heterocycles. The maximum Gasteiger partial charge on any atom is 0.241 e. The van der Waals surface area contributed by atoms with Crippen molar-refractivity contribution in [1.29, 1.82) is 0 Å². The highest BCUT2D eigenvalue weighted by Crippen LogP contribution is 2.26. The van der Waals surface area contributed by atoms with E-state index >= 15 is 0 Å². The third kappa shape index (κ3) is 2.90. The normalized spacial score (nSPS) is 19.1. The van der Waals surface area contributed by atoms with Crippen molar-refractivity contribution in [3.05, 3.63) is 23.2 Å². The monoisotopic (exact) mass is 254 g/mol. The van der Waals surface area contributed by atoms with Gasteiger partial charge in [-0.3, -0.25) is 4.79 Å². The predicted octanol–water partition coefficient (Wildman–Crippen LogP) is 2.04. The number of carbonyl (C=O) groups excluding carboxylic acids is 1. The van der Waals surface area contributed by atoms with Crippen LogP contribution < -0.4 is 15.4 Å². The maximum absolute atomic E-state index is 11.9. The second-order valence-electron chi connectivity index (χ2n) is 3.98. The van der Waals surface area contributed by atoms with Crippen LogP contribution in [-0.2, 0) is 4.79 Å². The molecule has 0 radical (unpaired) electrons. The van der Waals surface area contributed by atoms with Crippen molar-refractivity contribution >= 4 is 23.2 Å². The number of carbonyl (C=O) groups is 1. The second kappa shape index (κ2) is 5.38. The Labute approximate surface area is 105 Å². The van der Waals surface area contributed by atoms with Crippen LogP contribution in [0, 0.1) is 0 Å². The van der Waals surface area contributed by atoms with E-state index in [1.165, 1.54) is 0 Å². The highest BCUT2D eigenvalue weighted by molar-refractivity contribution is 6.33. The molecule has 17 heavy (non-hydrogen) atoms. The Bertz CT molecular complexity index is 417. The molecular formula is C12H15ClN2O2. The first-order chi connectivity index (χ1) is 8.20. The zero-order valence-corrected chi connectivity index (χ0v) is 10.4. The van der Waals surface area contributed by atoms with E-state index < -0.39 is 0 Å². The van der Waals surface area contributed by atoms with E-state index in [0.29, 0.717) is 16.5 Å². The van der Waals surface area contributed by atoms with Gasteiger partial charge in [0.1, 0.15) is 5.75 Å². The Morgan fingerprint density at radius 1 is 1.59 bits per heavy atom. The summed E-state index contributed by atoms with van der Waals surface area (Å²) in [5, 5.41) is 6.44. The fourth-order valence-corrected chi connectivity index (χ4v) is 2.07. The predicted molar refractivity (Wildman–Crippen MR) is 67.7 cm³/mol. The fourth-order valence-electron chi connectivity index (χ4n) is 1.85. The van der Waals surface area contributed by atoms with Crippen molar-refractivity contribution < 1.29 is 9.53 Å². The number of anilines is 1. The number of hydrogen-bond donors (Lipinski definition) is 2. The van der Waals surface area contributed by atoms with Crippen LogP contribution in [0.4, 0.5) is 5.69 Å².